The molecule has 0 spiro atoms. The van der Waals surface area contributed by atoms with E-state index in [9.17, 15) is 4.79 Å². The highest BCUT2D eigenvalue weighted by Crippen LogP contribution is 2.03. The van der Waals surface area contributed by atoms with Crippen LogP contribution in [0, 0.1) is 0 Å². The molecule has 0 heterocycles. The predicted molar refractivity (Wildman–Crippen MR) is 65.0 cm³/mol. The van der Waals surface area contributed by atoms with Crippen LogP contribution in [0.4, 0.5) is 4.79 Å². The fourth-order valence-corrected chi connectivity index (χ4v) is 1.37. The van der Waals surface area contributed by atoms with E-state index >= 15 is 0 Å². The Morgan fingerprint density at radius 2 is 1.87 bits per heavy atom. The van der Waals surface area contributed by atoms with E-state index in [0.717, 1.165) is 6.42 Å². The van der Waals surface area contributed by atoms with E-state index in [1.807, 2.05) is 20.8 Å². The van der Waals surface area contributed by atoms with Crippen LogP contribution in [0.5, 0.6) is 0 Å². The molecule has 0 rings (SSSR count). The van der Waals surface area contributed by atoms with E-state index in [-0.39, 0.29) is 17.6 Å². The van der Waals surface area contributed by atoms with E-state index in [0.29, 0.717) is 0 Å². The third-order valence-corrected chi connectivity index (χ3v) is 2.11. The summed E-state index contributed by atoms with van der Waals surface area (Å²) in [6, 6.07) is 0.199. The van der Waals surface area contributed by atoms with Crippen LogP contribution in [0.2, 0.25) is 0 Å². The van der Waals surface area contributed by atoms with Gasteiger partial charge < -0.3 is 10.6 Å². The summed E-state index contributed by atoms with van der Waals surface area (Å²) in [5, 5.41) is 5.84. The SMILES string of the molecule is CCCCCC(C)NC(=O)NC(C)(C)C. The Morgan fingerprint density at radius 3 is 2.33 bits per heavy atom. The van der Waals surface area contributed by atoms with E-state index in [1.165, 1.54) is 19.3 Å². The molecule has 0 radical (unpaired) electrons. The molecule has 0 aliphatic carbocycles. The summed E-state index contributed by atoms with van der Waals surface area (Å²) < 4.78 is 0. The smallest absolute Gasteiger partial charge is 0.315 e. The molecule has 3 heteroatoms. The maximum absolute atomic E-state index is 11.5. The largest absolute Gasteiger partial charge is 0.336 e. The molecule has 2 N–H and O–H groups in total. The molecular formula is C12H26N2O. The lowest BCUT2D eigenvalue weighted by atomic mass is 10.1. The Labute approximate surface area is 94.0 Å². The highest BCUT2D eigenvalue weighted by molar-refractivity contribution is 5.74. The average Bonchev–Trinajstić information content (AvgIpc) is 2.00. The van der Waals surface area contributed by atoms with Gasteiger partial charge in [0.05, 0.1) is 0 Å². The third-order valence-electron chi connectivity index (χ3n) is 2.11. The Morgan fingerprint density at radius 1 is 1.27 bits per heavy atom. The first kappa shape index (κ1) is 14.3. The first-order chi connectivity index (χ1) is 6.85. The molecule has 3 nitrogen and oxygen atoms in total. The molecule has 0 aliphatic rings. The number of hydrogen-bond acceptors (Lipinski definition) is 1. The Balaban J connectivity index is 3.67. The molecule has 90 valence electrons. The van der Waals surface area contributed by atoms with Crippen molar-refractivity contribution in [3.63, 3.8) is 0 Å². The number of carbonyl (C=O) groups is 1. The second-order valence-electron chi connectivity index (χ2n) is 5.25. The zero-order chi connectivity index (χ0) is 11.9. The van der Waals surface area contributed by atoms with Crippen molar-refractivity contribution in [3.05, 3.63) is 0 Å². The summed E-state index contributed by atoms with van der Waals surface area (Å²) in [6.07, 6.45) is 4.71. The van der Waals surface area contributed by atoms with Gasteiger partial charge in [0.2, 0.25) is 0 Å². The van der Waals surface area contributed by atoms with Gasteiger partial charge in [-0.2, -0.15) is 0 Å². The lowest BCUT2D eigenvalue weighted by Crippen LogP contribution is -2.48. The van der Waals surface area contributed by atoms with Gasteiger partial charge in [-0.3, -0.25) is 0 Å². The number of unbranched alkanes of at least 4 members (excludes halogenated alkanes) is 2. The van der Waals surface area contributed by atoms with E-state index < -0.39 is 0 Å². The third kappa shape index (κ3) is 9.57. The van der Waals surface area contributed by atoms with Crippen molar-refractivity contribution in [1.29, 1.82) is 0 Å². The number of amides is 2. The van der Waals surface area contributed by atoms with Crippen molar-refractivity contribution in [3.8, 4) is 0 Å². The zero-order valence-electron chi connectivity index (χ0n) is 10.8. The molecule has 2 amide bonds. The molecule has 0 aromatic carbocycles. The molecule has 1 unspecified atom stereocenters. The molecule has 1 atom stereocenters. The van der Waals surface area contributed by atoms with Crippen LogP contribution >= 0.6 is 0 Å². The van der Waals surface area contributed by atoms with Gasteiger partial charge in [0.15, 0.2) is 0 Å². The summed E-state index contributed by atoms with van der Waals surface area (Å²) in [6.45, 7) is 10.2. The molecule has 0 aromatic heterocycles. The second-order valence-corrected chi connectivity index (χ2v) is 5.25. The van der Waals surface area contributed by atoms with Crippen molar-refractivity contribution in [2.75, 3.05) is 0 Å². The molecule has 0 bridgehead atoms. The molecule has 0 fully saturated rings. The van der Waals surface area contributed by atoms with Gasteiger partial charge in [0, 0.05) is 11.6 Å². The Hall–Kier alpha value is -0.730. The minimum atomic E-state index is -0.160. The summed E-state index contributed by atoms with van der Waals surface area (Å²) in [5.74, 6) is 0. The van der Waals surface area contributed by atoms with Crippen molar-refractivity contribution < 1.29 is 4.79 Å². The zero-order valence-corrected chi connectivity index (χ0v) is 10.8. The van der Waals surface area contributed by atoms with Crippen LogP contribution in [0.1, 0.15) is 60.3 Å². The average molecular weight is 214 g/mol. The van der Waals surface area contributed by atoms with Crippen LogP contribution < -0.4 is 10.6 Å². The first-order valence-corrected chi connectivity index (χ1v) is 5.94. The molecule has 0 saturated carbocycles. The number of hydrogen-bond donors (Lipinski definition) is 2. The van der Waals surface area contributed by atoms with E-state index in [2.05, 4.69) is 24.5 Å². The van der Waals surface area contributed by atoms with Crippen LogP contribution in [0.15, 0.2) is 0 Å². The fourth-order valence-electron chi connectivity index (χ4n) is 1.37. The predicted octanol–water partition coefficient (Wildman–Crippen LogP) is 3.05. The van der Waals surface area contributed by atoms with Crippen LogP contribution in [0.3, 0.4) is 0 Å². The van der Waals surface area contributed by atoms with Crippen LogP contribution in [-0.2, 0) is 0 Å². The number of carbonyl (C=O) groups excluding carboxylic acids is 1. The lowest BCUT2D eigenvalue weighted by Gasteiger charge is -2.22. The van der Waals surface area contributed by atoms with Crippen molar-refractivity contribution in [2.45, 2.75) is 71.9 Å². The number of nitrogens with one attached hydrogen (secondary N) is 2. The van der Waals surface area contributed by atoms with Crippen molar-refractivity contribution in [2.24, 2.45) is 0 Å². The van der Waals surface area contributed by atoms with Crippen LogP contribution in [0.25, 0.3) is 0 Å². The minimum Gasteiger partial charge on any atom is -0.336 e. The topological polar surface area (TPSA) is 41.1 Å². The molecule has 15 heavy (non-hydrogen) atoms. The summed E-state index contributed by atoms with van der Waals surface area (Å²) in [4.78, 5) is 11.5. The van der Waals surface area contributed by atoms with Gasteiger partial charge in [-0.1, -0.05) is 26.2 Å². The van der Waals surface area contributed by atoms with Gasteiger partial charge in [-0.05, 0) is 34.1 Å². The fraction of sp³-hybridized carbons (Fsp3) is 0.917. The summed E-state index contributed by atoms with van der Waals surface area (Å²) >= 11 is 0. The van der Waals surface area contributed by atoms with E-state index in [1.54, 1.807) is 0 Å². The van der Waals surface area contributed by atoms with Crippen LogP contribution in [-0.4, -0.2) is 17.6 Å². The monoisotopic (exact) mass is 214 g/mol. The number of urea groups is 1. The van der Waals surface area contributed by atoms with Gasteiger partial charge in [-0.15, -0.1) is 0 Å². The Bertz CT molecular complexity index is 185. The van der Waals surface area contributed by atoms with Crippen molar-refractivity contribution >= 4 is 6.03 Å². The maximum atomic E-state index is 11.5. The van der Waals surface area contributed by atoms with Crippen molar-refractivity contribution in [1.82, 2.24) is 10.6 Å². The molecular weight excluding hydrogens is 188 g/mol. The van der Waals surface area contributed by atoms with Gasteiger partial charge in [0.1, 0.15) is 0 Å². The molecule has 0 aliphatic heterocycles. The normalized spacial score (nSPS) is 13.4. The highest BCUT2D eigenvalue weighted by atomic mass is 16.2. The standard InChI is InChI=1S/C12H26N2O/c1-6-7-8-9-10(2)13-11(15)14-12(3,4)5/h10H,6-9H2,1-5H3,(H2,13,14,15). The van der Waals surface area contributed by atoms with Gasteiger partial charge >= 0.3 is 6.03 Å². The number of rotatable bonds is 5. The molecule has 0 aromatic rings. The minimum absolute atomic E-state index is 0.0634. The summed E-state index contributed by atoms with van der Waals surface area (Å²) in [7, 11) is 0. The summed E-state index contributed by atoms with van der Waals surface area (Å²) in [5.41, 5.74) is -0.160. The van der Waals surface area contributed by atoms with E-state index in [4.69, 9.17) is 0 Å². The second kappa shape index (κ2) is 6.70. The Kier molecular flexibility index (Phi) is 6.37. The van der Waals surface area contributed by atoms with Gasteiger partial charge in [0.25, 0.3) is 0 Å². The highest BCUT2D eigenvalue weighted by Gasteiger charge is 2.14. The lowest BCUT2D eigenvalue weighted by molar-refractivity contribution is 0.228. The van der Waals surface area contributed by atoms with Gasteiger partial charge in [-0.25, -0.2) is 4.79 Å². The maximum Gasteiger partial charge on any atom is 0.315 e. The first-order valence-electron chi connectivity index (χ1n) is 5.94. The molecule has 0 saturated heterocycles. The quantitative estimate of drug-likeness (QED) is 0.679.